The zero-order chi connectivity index (χ0) is 23.1. The van der Waals surface area contributed by atoms with Crippen molar-refractivity contribution in [2.75, 3.05) is 16.8 Å². The number of aryl methyl sites for hydroxylation is 3. The molecule has 1 aliphatic heterocycles. The molecule has 33 heavy (non-hydrogen) atoms. The normalized spacial score (nSPS) is 15.9. The Hall–Kier alpha value is -3.58. The van der Waals surface area contributed by atoms with Crippen molar-refractivity contribution < 1.29 is 9.59 Å². The van der Waals surface area contributed by atoms with Crippen molar-refractivity contribution in [1.29, 1.82) is 0 Å². The molecule has 1 aliphatic rings. The van der Waals surface area contributed by atoms with Crippen molar-refractivity contribution in [2.45, 2.75) is 27.2 Å². The Kier molecular flexibility index (Phi) is 5.42. The summed E-state index contributed by atoms with van der Waals surface area (Å²) in [5, 5.41) is 3.92. The lowest BCUT2D eigenvalue weighted by Gasteiger charge is -2.18. The van der Waals surface area contributed by atoms with E-state index in [0.29, 0.717) is 6.54 Å². The summed E-state index contributed by atoms with van der Waals surface area (Å²) in [6.07, 6.45) is 1.98. The lowest BCUT2D eigenvalue weighted by Crippen LogP contribution is -2.28. The first-order chi connectivity index (χ1) is 15.9. The Bertz CT molecular complexity index is 1360. The van der Waals surface area contributed by atoms with Gasteiger partial charge in [0, 0.05) is 36.1 Å². The van der Waals surface area contributed by atoms with Crippen LogP contribution in [0.2, 0.25) is 0 Å². The largest absolute Gasteiger partial charge is 0.326 e. The smallest absolute Gasteiger partial charge is 0.229 e. The van der Waals surface area contributed by atoms with E-state index in [-0.39, 0.29) is 24.2 Å². The summed E-state index contributed by atoms with van der Waals surface area (Å²) in [6.45, 7) is 6.43. The van der Waals surface area contributed by atoms with Crippen LogP contribution < -0.4 is 10.2 Å². The van der Waals surface area contributed by atoms with Gasteiger partial charge >= 0.3 is 0 Å². The molecular formula is C26H24N4O2S. The highest BCUT2D eigenvalue weighted by atomic mass is 32.1. The molecule has 4 aromatic rings. The van der Waals surface area contributed by atoms with Gasteiger partial charge in [0.05, 0.1) is 5.92 Å². The average molecular weight is 457 g/mol. The lowest BCUT2D eigenvalue weighted by atomic mass is 10.1. The molecule has 1 fully saturated rings. The minimum Gasteiger partial charge on any atom is -0.326 e. The van der Waals surface area contributed by atoms with E-state index in [0.717, 1.165) is 43.4 Å². The highest BCUT2D eigenvalue weighted by Crippen LogP contribution is 2.32. The highest BCUT2D eigenvalue weighted by Gasteiger charge is 2.35. The topological polar surface area (TPSA) is 75.2 Å². The molecule has 0 saturated carbocycles. The Morgan fingerprint density at radius 3 is 2.67 bits per heavy atom. The van der Waals surface area contributed by atoms with Gasteiger partial charge in [-0.15, -0.1) is 0 Å². The number of amides is 2. The van der Waals surface area contributed by atoms with Crippen LogP contribution in [0.3, 0.4) is 0 Å². The van der Waals surface area contributed by atoms with Gasteiger partial charge in [-0.3, -0.25) is 9.59 Å². The number of aromatic nitrogens is 2. The van der Waals surface area contributed by atoms with Gasteiger partial charge in [0.15, 0.2) is 0 Å². The van der Waals surface area contributed by atoms with Crippen LogP contribution in [-0.2, 0) is 9.59 Å². The molecule has 1 saturated heterocycles. The number of carbonyl (C=O) groups is 2. The second kappa shape index (κ2) is 8.41. The molecule has 166 valence electrons. The van der Waals surface area contributed by atoms with Crippen molar-refractivity contribution in [3.05, 3.63) is 71.4 Å². The van der Waals surface area contributed by atoms with Gasteiger partial charge in [-0.05, 0) is 79.9 Å². The molecule has 0 bridgehead atoms. The summed E-state index contributed by atoms with van der Waals surface area (Å²) in [5.74, 6) is -0.529. The van der Waals surface area contributed by atoms with Crippen LogP contribution in [-0.4, -0.2) is 28.3 Å². The van der Waals surface area contributed by atoms with E-state index in [2.05, 4.69) is 15.3 Å². The maximum Gasteiger partial charge on any atom is 0.229 e. The molecule has 1 unspecified atom stereocenters. The van der Waals surface area contributed by atoms with E-state index in [1.165, 1.54) is 5.56 Å². The fraction of sp³-hybridized carbons (Fsp3) is 0.231. The van der Waals surface area contributed by atoms with E-state index < -0.39 is 0 Å². The van der Waals surface area contributed by atoms with Gasteiger partial charge in [-0.2, -0.15) is 0 Å². The number of fused-ring (bicyclic) bond motifs is 1. The molecule has 0 aliphatic carbocycles. The number of hydrogen-bond donors (Lipinski definition) is 1. The Labute approximate surface area is 196 Å². The number of thiazole rings is 1. The number of pyridine rings is 1. The van der Waals surface area contributed by atoms with Crippen molar-refractivity contribution in [3.63, 3.8) is 0 Å². The van der Waals surface area contributed by atoms with Gasteiger partial charge in [0.25, 0.3) is 0 Å². The summed E-state index contributed by atoms with van der Waals surface area (Å²) < 4.78 is 0. The van der Waals surface area contributed by atoms with Crippen LogP contribution in [0.15, 0.2) is 54.7 Å². The molecule has 2 aromatic heterocycles. The second-order valence-corrected chi connectivity index (χ2v) is 9.52. The first kappa shape index (κ1) is 21.3. The van der Waals surface area contributed by atoms with Crippen LogP contribution in [0.5, 0.6) is 0 Å². The molecule has 3 heterocycles. The fourth-order valence-corrected chi connectivity index (χ4v) is 5.00. The summed E-state index contributed by atoms with van der Waals surface area (Å²) in [5.41, 5.74) is 6.73. The van der Waals surface area contributed by atoms with Crippen LogP contribution >= 0.6 is 11.3 Å². The lowest BCUT2D eigenvalue weighted by molar-refractivity contribution is -0.122. The maximum absolute atomic E-state index is 13.0. The monoisotopic (exact) mass is 456 g/mol. The Morgan fingerprint density at radius 1 is 1.06 bits per heavy atom. The number of nitrogens with one attached hydrogen (secondary N) is 1. The van der Waals surface area contributed by atoms with Crippen LogP contribution in [0.1, 0.15) is 23.1 Å². The molecule has 2 aromatic carbocycles. The first-order valence-corrected chi connectivity index (χ1v) is 11.7. The predicted molar refractivity (Wildman–Crippen MR) is 133 cm³/mol. The van der Waals surface area contributed by atoms with Crippen molar-refractivity contribution in [2.24, 2.45) is 5.92 Å². The molecule has 7 heteroatoms. The van der Waals surface area contributed by atoms with E-state index in [4.69, 9.17) is 0 Å². The molecule has 0 radical (unpaired) electrons. The van der Waals surface area contributed by atoms with Gasteiger partial charge in [0.1, 0.15) is 15.4 Å². The van der Waals surface area contributed by atoms with Gasteiger partial charge in [-0.1, -0.05) is 17.4 Å². The number of nitrogens with zero attached hydrogens (tertiary/aromatic N) is 3. The quantitative estimate of drug-likeness (QED) is 0.454. The maximum atomic E-state index is 13.0. The van der Waals surface area contributed by atoms with Gasteiger partial charge in [0.2, 0.25) is 11.8 Å². The predicted octanol–water partition coefficient (Wildman–Crippen LogP) is 5.28. The molecule has 5 rings (SSSR count). The van der Waals surface area contributed by atoms with E-state index in [1.54, 1.807) is 22.4 Å². The van der Waals surface area contributed by atoms with Crippen molar-refractivity contribution in [1.82, 2.24) is 9.97 Å². The van der Waals surface area contributed by atoms with Crippen LogP contribution in [0.4, 0.5) is 11.4 Å². The van der Waals surface area contributed by atoms with Crippen LogP contribution in [0.25, 0.3) is 20.9 Å². The SMILES string of the molecule is Cc1ccc(N2CC(C(=O)Nc3ccc(-c4nc5cccnc5s4)cc3C)CC2=O)cc1C. The third kappa shape index (κ3) is 4.12. The Balaban J connectivity index is 1.30. The average Bonchev–Trinajstić information content (AvgIpc) is 3.41. The van der Waals surface area contributed by atoms with Crippen molar-refractivity contribution in [3.8, 4) is 10.6 Å². The van der Waals surface area contributed by atoms with Crippen LogP contribution in [0, 0.1) is 26.7 Å². The number of hydrogen-bond acceptors (Lipinski definition) is 5. The zero-order valence-electron chi connectivity index (χ0n) is 18.8. The fourth-order valence-electron chi connectivity index (χ4n) is 4.09. The number of benzene rings is 2. The van der Waals surface area contributed by atoms with Gasteiger partial charge < -0.3 is 10.2 Å². The molecule has 6 nitrogen and oxygen atoms in total. The minimum absolute atomic E-state index is 0.0186. The molecule has 1 atom stereocenters. The Morgan fingerprint density at radius 2 is 1.91 bits per heavy atom. The van der Waals surface area contributed by atoms with Gasteiger partial charge in [-0.25, -0.2) is 9.97 Å². The molecule has 1 N–H and O–H groups in total. The third-order valence-electron chi connectivity index (χ3n) is 6.20. The number of carbonyl (C=O) groups excluding carboxylic acids is 2. The van der Waals surface area contributed by atoms with Crippen molar-refractivity contribution >= 4 is 44.9 Å². The number of rotatable bonds is 4. The third-order valence-corrected chi connectivity index (χ3v) is 7.22. The summed E-state index contributed by atoms with van der Waals surface area (Å²) in [6, 6.07) is 15.7. The molecular weight excluding hydrogens is 432 g/mol. The minimum atomic E-state index is -0.381. The second-order valence-electron chi connectivity index (χ2n) is 8.54. The van der Waals surface area contributed by atoms with E-state index >= 15 is 0 Å². The number of anilines is 2. The molecule has 0 spiro atoms. The molecule has 2 amide bonds. The highest BCUT2D eigenvalue weighted by molar-refractivity contribution is 7.21. The van der Waals surface area contributed by atoms with E-state index in [1.807, 2.05) is 69.3 Å². The standard InChI is InChI=1S/C26H24N4O2S/c1-15-6-8-20(12-16(15)2)30-14-19(13-23(30)31)24(32)28-21-9-7-18(11-17(21)3)25-29-22-5-4-10-27-26(22)33-25/h4-12,19H,13-14H2,1-3H3,(H,28,32). The van der Waals surface area contributed by atoms with E-state index in [9.17, 15) is 9.59 Å². The first-order valence-electron chi connectivity index (χ1n) is 10.9. The zero-order valence-corrected chi connectivity index (χ0v) is 19.6. The summed E-state index contributed by atoms with van der Waals surface area (Å²) >= 11 is 1.55. The summed E-state index contributed by atoms with van der Waals surface area (Å²) in [4.78, 5) is 37.2. The summed E-state index contributed by atoms with van der Waals surface area (Å²) in [7, 11) is 0.